The van der Waals surface area contributed by atoms with E-state index in [2.05, 4.69) is 42.5 Å². The number of pyridine rings is 1. The van der Waals surface area contributed by atoms with Crippen LogP contribution < -0.4 is 15.4 Å². The van der Waals surface area contributed by atoms with E-state index in [1.54, 1.807) is 6.20 Å². The van der Waals surface area contributed by atoms with Gasteiger partial charge < -0.3 is 34.4 Å². The predicted octanol–water partition coefficient (Wildman–Crippen LogP) is 4.37. The molecule has 10 nitrogen and oxygen atoms in total. The Kier molecular flexibility index (Phi) is 9.51. The Balaban J connectivity index is 1.35. The van der Waals surface area contributed by atoms with E-state index in [4.69, 9.17) is 23.6 Å². The van der Waals surface area contributed by atoms with Crippen LogP contribution in [-0.4, -0.2) is 65.8 Å². The van der Waals surface area contributed by atoms with Crippen molar-refractivity contribution < 1.29 is 28.5 Å². The Hall–Kier alpha value is -3.31. The van der Waals surface area contributed by atoms with Crippen molar-refractivity contribution in [3.05, 3.63) is 65.7 Å². The highest BCUT2D eigenvalue weighted by Gasteiger charge is 2.46. The van der Waals surface area contributed by atoms with Gasteiger partial charge in [0.25, 0.3) is 5.91 Å². The van der Waals surface area contributed by atoms with Crippen LogP contribution in [0.4, 0.5) is 0 Å². The molecule has 1 fully saturated rings. The number of ether oxygens (including phenoxy) is 3. The predicted molar refractivity (Wildman–Crippen MR) is 161 cm³/mol. The number of fused-ring (bicyclic) bond motifs is 1. The number of carbonyl (C=O) groups excluding carboxylic acids is 1. The number of benzene rings is 1. The van der Waals surface area contributed by atoms with E-state index >= 15 is 0 Å². The molecular weight excluding hydrogens is 548 g/mol. The maximum atomic E-state index is 13.0. The zero-order chi connectivity index (χ0) is 30.6. The molecule has 232 valence electrons. The van der Waals surface area contributed by atoms with Crippen LogP contribution in [0.15, 0.2) is 53.4 Å². The van der Waals surface area contributed by atoms with E-state index in [0.29, 0.717) is 18.2 Å². The molecule has 2 aliphatic rings. The average molecular weight is 593 g/mol. The summed E-state index contributed by atoms with van der Waals surface area (Å²) in [7, 11) is 2.81. The maximum Gasteiger partial charge on any atom is 0.277 e. The molecule has 1 amide bonds. The van der Waals surface area contributed by atoms with Crippen molar-refractivity contribution in [2.45, 2.75) is 89.4 Å². The number of amides is 1. The van der Waals surface area contributed by atoms with E-state index in [1.165, 1.54) is 20.5 Å². The largest absolute Gasteiger partial charge is 0.471 e. The molecular formula is C33H44N4O6. The highest BCUT2D eigenvalue weighted by Crippen LogP contribution is 2.48. The van der Waals surface area contributed by atoms with Gasteiger partial charge in [-0.1, -0.05) is 32.9 Å². The van der Waals surface area contributed by atoms with Gasteiger partial charge in [0.2, 0.25) is 18.1 Å². The number of aliphatic hydroxyl groups is 1. The maximum absolute atomic E-state index is 13.0. The quantitative estimate of drug-likeness (QED) is 0.263. The number of rotatable bonds is 12. The van der Waals surface area contributed by atoms with E-state index in [0.717, 1.165) is 54.4 Å². The number of carbonyl (C=O) groups is 1. The summed E-state index contributed by atoms with van der Waals surface area (Å²) < 4.78 is 22.2. The first kappa shape index (κ1) is 31.1. The van der Waals surface area contributed by atoms with Gasteiger partial charge in [0.1, 0.15) is 11.9 Å². The Morgan fingerprint density at radius 1 is 1.16 bits per heavy atom. The zero-order valence-corrected chi connectivity index (χ0v) is 25.8. The molecule has 1 aliphatic carbocycles. The Morgan fingerprint density at radius 2 is 1.95 bits per heavy atom. The highest BCUT2D eigenvalue weighted by atomic mass is 16.7. The van der Waals surface area contributed by atoms with E-state index in [-0.39, 0.29) is 23.6 Å². The lowest BCUT2D eigenvalue weighted by Crippen LogP contribution is -2.53. The number of hydrogen-bond donors (Lipinski definition) is 3. The minimum atomic E-state index is -1.09. The van der Waals surface area contributed by atoms with Crippen LogP contribution in [-0.2, 0) is 27.1 Å². The lowest BCUT2D eigenvalue weighted by atomic mass is 9.73. The minimum absolute atomic E-state index is 0.0403. The molecule has 1 aromatic carbocycles. The first-order valence-electron chi connectivity index (χ1n) is 15.0. The third kappa shape index (κ3) is 7.62. The molecule has 1 aliphatic heterocycles. The van der Waals surface area contributed by atoms with Crippen LogP contribution in [0.5, 0.6) is 5.88 Å². The second kappa shape index (κ2) is 13.1. The van der Waals surface area contributed by atoms with Crippen molar-refractivity contribution in [2.75, 3.05) is 20.8 Å². The monoisotopic (exact) mass is 592 g/mol. The van der Waals surface area contributed by atoms with Crippen molar-refractivity contribution in [1.29, 1.82) is 0 Å². The number of oxazole rings is 1. The zero-order valence-electron chi connectivity index (χ0n) is 25.8. The topological polar surface area (TPSA) is 128 Å². The molecule has 3 heterocycles. The van der Waals surface area contributed by atoms with Crippen LogP contribution in [0.3, 0.4) is 0 Å². The second-order valence-electron chi connectivity index (χ2n) is 13.0. The molecule has 0 bridgehead atoms. The summed E-state index contributed by atoms with van der Waals surface area (Å²) in [5.41, 5.74) is 3.81. The number of aliphatic hydroxyl groups excluding tert-OH is 1. The average Bonchev–Trinajstić information content (AvgIpc) is 3.50. The molecule has 5 rings (SSSR count). The fourth-order valence-corrected chi connectivity index (χ4v) is 6.05. The van der Waals surface area contributed by atoms with Gasteiger partial charge in [-0.05, 0) is 66.8 Å². The van der Waals surface area contributed by atoms with Crippen molar-refractivity contribution in [3.8, 4) is 17.3 Å². The first-order chi connectivity index (χ1) is 20.6. The molecule has 10 heteroatoms. The summed E-state index contributed by atoms with van der Waals surface area (Å²) in [5.74, 6) is 0.719. The third-order valence-corrected chi connectivity index (χ3v) is 8.27. The lowest BCUT2D eigenvalue weighted by molar-refractivity contribution is -0.160. The molecule has 3 atom stereocenters. The fourth-order valence-electron chi connectivity index (χ4n) is 6.05. The Bertz CT molecular complexity index is 1360. The van der Waals surface area contributed by atoms with Gasteiger partial charge in [-0.15, -0.1) is 0 Å². The van der Waals surface area contributed by atoms with Crippen molar-refractivity contribution in [1.82, 2.24) is 20.6 Å². The fraction of sp³-hybridized carbons (Fsp3) is 0.545. The highest BCUT2D eigenvalue weighted by molar-refractivity contribution is 5.79. The number of nitrogens with zero attached hydrogens (tertiary/aromatic N) is 2. The number of hydrogen-bond acceptors (Lipinski definition) is 9. The van der Waals surface area contributed by atoms with E-state index in [1.807, 2.05) is 30.5 Å². The standard InChI is InChI=1S/C33H44N4O6/c1-32(2,3)17-22-15-24-26(18-33(10-7-11-33)43-30(24)36-19-22)35-20-27(38)25(37-28(39)31(40-4)41-5)16-21-8-6-9-23(14-21)29-34-12-13-42-29/h6,8-9,12-15,19,25-27,31,35,38H,7,10-11,16-18,20H2,1-5H3,(H,37,39)/t25?,26-,27+/m0/s1. The molecule has 1 spiro atoms. The van der Waals surface area contributed by atoms with Gasteiger partial charge in [-0.25, -0.2) is 9.97 Å². The van der Waals surface area contributed by atoms with Gasteiger partial charge >= 0.3 is 0 Å². The second-order valence-corrected chi connectivity index (χ2v) is 13.0. The van der Waals surface area contributed by atoms with E-state index < -0.39 is 24.3 Å². The SMILES string of the molecule is COC(OC)C(=O)NC(Cc1cccc(-c2ncco2)c1)[C@H](O)CN[C@H]1CC2(CCC2)Oc2ncc(CC(C)(C)C)cc21. The Morgan fingerprint density at radius 3 is 2.60 bits per heavy atom. The van der Waals surface area contributed by atoms with Gasteiger partial charge in [-0.3, -0.25) is 4.79 Å². The van der Waals surface area contributed by atoms with Crippen molar-refractivity contribution in [3.63, 3.8) is 0 Å². The molecule has 43 heavy (non-hydrogen) atoms. The molecule has 3 aromatic rings. The number of methoxy groups -OCH3 is 2. The summed E-state index contributed by atoms with van der Waals surface area (Å²) in [4.78, 5) is 21.9. The first-order valence-corrected chi connectivity index (χ1v) is 15.0. The van der Waals surface area contributed by atoms with E-state index in [9.17, 15) is 9.90 Å². The lowest BCUT2D eigenvalue weighted by Gasteiger charge is -2.47. The van der Waals surface area contributed by atoms with Crippen molar-refractivity contribution >= 4 is 5.91 Å². The summed E-state index contributed by atoms with van der Waals surface area (Å²) in [6.07, 6.45) is 8.23. The number of aromatic nitrogens is 2. The van der Waals surface area contributed by atoms with Gasteiger partial charge in [0.15, 0.2) is 0 Å². The molecule has 3 N–H and O–H groups in total. The van der Waals surface area contributed by atoms with Gasteiger partial charge in [-0.2, -0.15) is 0 Å². The molecule has 1 unspecified atom stereocenters. The number of nitrogens with one attached hydrogen (secondary N) is 2. The minimum Gasteiger partial charge on any atom is -0.471 e. The smallest absolute Gasteiger partial charge is 0.277 e. The van der Waals surface area contributed by atoms with Crippen LogP contribution in [0, 0.1) is 5.41 Å². The Labute approximate surface area is 253 Å². The summed E-state index contributed by atoms with van der Waals surface area (Å²) in [5, 5.41) is 18.1. The molecule has 0 radical (unpaired) electrons. The van der Waals surface area contributed by atoms with Crippen LogP contribution in [0.2, 0.25) is 0 Å². The van der Waals surface area contributed by atoms with Crippen LogP contribution >= 0.6 is 0 Å². The summed E-state index contributed by atoms with van der Waals surface area (Å²) in [6.45, 7) is 6.89. The van der Waals surface area contributed by atoms with Crippen molar-refractivity contribution in [2.24, 2.45) is 5.41 Å². The normalized spacial score (nSPS) is 18.9. The van der Waals surface area contributed by atoms with Crippen LogP contribution in [0.25, 0.3) is 11.5 Å². The summed E-state index contributed by atoms with van der Waals surface area (Å²) >= 11 is 0. The third-order valence-electron chi connectivity index (χ3n) is 8.27. The summed E-state index contributed by atoms with van der Waals surface area (Å²) in [6, 6.07) is 9.24. The van der Waals surface area contributed by atoms with Crippen LogP contribution in [0.1, 0.15) is 69.2 Å². The van der Waals surface area contributed by atoms with Gasteiger partial charge in [0, 0.05) is 50.6 Å². The molecule has 1 saturated carbocycles. The van der Waals surface area contributed by atoms with Gasteiger partial charge in [0.05, 0.1) is 18.3 Å². The molecule has 2 aromatic heterocycles. The molecule has 0 saturated heterocycles.